The Morgan fingerprint density at radius 1 is 1.32 bits per heavy atom. The number of aryl methyl sites for hydroxylation is 1. The van der Waals surface area contributed by atoms with Crippen molar-refractivity contribution in [2.75, 3.05) is 6.61 Å². The molecule has 0 bridgehead atoms. The van der Waals surface area contributed by atoms with Gasteiger partial charge in [0, 0.05) is 4.88 Å². The number of carbonyl (C=O) groups excluding carboxylic acids is 2. The summed E-state index contributed by atoms with van der Waals surface area (Å²) in [5, 5.41) is 0. The normalized spacial score (nSPS) is 17.1. The lowest BCUT2D eigenvalue weighted by atomic mass is 9.90. The molecule has 2 heterocycles. The number of esters is 1. The lowest BCUT2D eigenvalue weighted by Crippen LogP contribution is -2.12. The van der Waals surface area contributed by atoms with Crippen LogP contribution in [0.4, 0.5) is 0 Å². The van der Waals surface area contributed by atoms with Crippen molar-refractivity contribution in [1.29, 1.82) is 0 Å². The van der Waals surface area contributed by atoms with Crippen molar-refractivity contribution in [3.63, 3.8) is 0 Å². The molecule has 0 saturated heterocycles. The smallest absolute Gasteiger partial charge is 0.348 e. The van der Waals surface area contributed by atoms with Gasteiger partial charge in [-0.2, -0.15) is 0 Å². The lowest BCUT2D eigenvalue weighted by molar-refractivity contribution is 0.0480. The molecule has 0 aromatic carbocycles. The van der Waals surface area contributed by atoms with Crippen LogP contribution in [0.25, 0.3) is 0 Å². The van der Waals surface area contributed by atoms with Gasteiger partial charge in [0.1, 0.15) is 4.88 Å². The average molecular weight is 399 g/mol. The topological polar surface area (TPSA) is 43.4 Å². The van der Waals surface area contributed by atoms with Crippen molar-refractivity contribution < 1.29 is 14.3 Å². The van der Waals surface area contributed by atoms with Crippen LogP contribution in [0.3, 0.4) is 0 Å². The van der Waals surface area contributed by atoms with Crippen LogP contribution in [0.1, 0.15) is 43.1 Å². The Bertz CT molecular complexity index is 717. The molecule has 0 saturated carbocycles. The number of Topliss-reactive ketones (excluding diaryl/α,β-unsaturated/α-hetero) is 1. The van der Waals surface area contributed by atoms with Crippen LogP contribution in [-0.4, -0.2) is 18.4 Å². The monoisotopic (exact) mass is 398 g/mol. The predicted molar refractivity (Wildman–Crippen MR) is 92.1 cm³/mol. The van der Waals surface area contributed by atoms with Gasteiger partial charge in [0.2, 0.25) is 5.78 Å². The van der Waals surface area contributed by atoms with Gasteiger partial charge in [0.05, 0.1) is 8.66 Å². The first-order valence-electron chi connectivity index (χ1n) is 7.10. The summed E-state index contributed by atoms with van der Waals surface area (Å²) < 4.78 is 6.06. The third-order valence-corrected chi connectivity index (χ3v) is 6.59. The van der Waals surface area contributed by atoms with E-state index in [1.54, 1.807) is 6.07 Å². The highest BCUT2D eigenvalue weighted by Gasteiger charge is 2.22. The zero-order chi connectivity index (χ0) is 15.7. The molecule has 3 nitrogen and oxygen atoms in total. The number of ketones is 1. The lowest BCUT2D eigenvalue weighted by Gasteiger charge is -2.16. The van der Waals surface area contributed by atoms with Gasteiger partial charge in [-0.25, -0.2) is 4.79 Å². The molecule has 0 amide bonds. The highest BCUT2D eigenvalue weighted by Crippen LogP contribution is 2.32. The van der Waals surface area contributed by atoms with Gasteiger partial charge in [-0.1, -0.05) is 6.92 Å². The van der Waals surface area contributed by atoms with Crippen molar-refractivity contribution in [2.24, 2.45) is 5.92 Å². The standard InChI is InChI=1S/C16H15BrO3S2/c1-9-2-3-12-10(6-9)7-14(21-12)16(19)20-8-11(18)13-4-5-15(17)22-13/h4-5,7,9H,2-3,6,8H2,1H3/t9-/m0/s1. The fourth-order valence-corrected chi connectivity index (χ4v) is 4.96. The second-order valence-electron chi connectivity index (χ2n) is 5.51. The highest BCUT2D eigenvalue weighted by molar-refractivity contribution is 9.11. The van der Waals surface area contributed by atoms with Crippen LogP contribution in [-0.2, 0) is 17.6 Å². The maximum atomic E-state index is 12.1. The fraction of sp³-hybridized carbons (Fsp3) is 0.375. The summed E-state index contributed by atoms with van der Waals surface area (Å²) in [5.41, 5.74) is 1.27. The molecule has 0 fully saturated rings. The quantitative estimate of drug-likeness (QED) is 0.551. The van der Waals surface area contributed by atoms with Gasteiger partial charge in [-0.15, -0.1) is 22.7 Å². The van der Waals surface area contributed by atoms with Gasteiger partial charge in [-0.3, -0.25) is 4.79 Å². The van der Waals surface area contributed by atoms with Gasteiger partial charge >= 0.3 is 5.97 Å². The van der Waals surface area contributed by atoms with E-state index in [2.05, 4.69) is 22.9 Å². The van der Waals surface area contributed by atoms with Crippen molar-refractivity contribution >= 4 is 50.4 Å². The van der Waals surface area contributed by atoms with E-state index >= 15 is 0 Å². The first-order valence-corrected chi connectivity index (χ1v) is 9.53. The van der Waals surface area contributed by atoms with Gasteiger partial charge in [0.25, 0.3) is 0 Å². The van der Waals surface area contributed by atoms with Gasteiger partial charge in [-0.05, 0) is 64.9 Å². The first kappa shape index (κ1) is 15.9. The molecule has 0 spiro atoms. The number of carbonyl (C=O) groups is 2. The Morgan fingerprint density at radius 3 is 2.86 bits per heavy atom. The summed E-state index contributed by atoms with van der Waals surface area (Å²) >= 11 is 6.17. The van der Waals surface area contributed by atoms with Crippen LogP contribution in [0.15, 0.2) is 22.0 Å². The summed E-state index contributed by atoms with van der Waals surface area (Å²) in [6, 6.07) is 5.48. The molecule has 0 unspecified atom stereocenters. The molecule has 2 aromatic rings. The van der Waals surface area contributed by atoms with E-state index in [1.807, 2.05) is 12.1 Å². The minimum atomic E-state index is -0.393. The number of hydrogen-bond donors (Lipinski definition) is 0. The zero-order valence-electron chi connectivity index (χ0n) is 12.1. The van der Waals surface area contributed by atoms with E-state index in [-0.39, 0.29) is 12.4 Å². The number of fused-ring (bicyclic) bond motifs is 1. The maximum absolute atomic E-state index is 12.1. The molecule has 3 rings (SSSR count). The molecule has 6 heteroatoms. The number of halogens is 1. The van der Waals surface area contributed by atoms with E-state index in [9.17, 15) is 9.59 Å². The number of ether oxygens (including phenoxy) is 1. The predicted octanol–water partition coefficient (Wildman–Crippen LogP) is 4.74. The Kier molecular flexibility index (Phi) is 4.80. The van der Waals surface area contributed by atoms with Crippen molar-refractivity contribution in [2.45, 2.75) is 26.2 Å². The third-order valence-electron chi connectivity index (χ3n) is 3.71. The number of thiophene rings is 2. The summed E-state index contributed by atoms with van der Waals surface area (Å²) in [7, 11) is 0. The number of rotatable bonds is 4. The van der Waals surface area contributed by atoms with Gasteiger partial charge < -0.3 is 4.74 Å². The maximum Gasteiger partial charge on any atom is 0.348 e. The van der Waals surface area contributed by atoms with E-state index in [4.69, 9.17) is 4.74 Å². The van der Waals surface area contributed by atoms with E-state index in [1.165, 1.54) is 39.5 Å². The SMILES string of the molecule is C[C@H]1CCc2sc(C(=O)OCC(=O)c3ccc(Br)s3)cc2C1. The third kappa shape index (κ3) is 3.50. The van der Waals surface area contributed by atoms with Crippen molar-refractivity contribution in [3.05, 3.63) is 42.2 Å². The Hall–Kier alpha value is -0.980. The Labute approximate surface area is 145 Å². The van der Waals surface area contributed by atoms with Crippen LogP contribution in [0.5, 0.6) is 0 Å². The molecule has 1 aliphatic carbocycles. The van der Waals surface area contributed by atoms with Crippen molar-refractivity contribution in [1.82, 2.24) is 0 Å². The minimum absolute atomic E-state index is 0.168. The summed E-state index contributed by atoms with van der Waals surface area (Å²) in [6.07, 6.45) is 3.24. The van der Waals surface area contributed by atoms with Crippen LogP contribution in [0, 0.1) is 5.92 Å². The largest absolute Gasteiger partial charge is 0.453 e. The molecule has 1 atom stereocenters. The van der Waals surface area contributed by atoms with Crippen molar-refractivity contribution in [3.8, 4) is 0 Å². The molecule has 22 heavy (non-hydrogen) atoms. The number of hydrogen-bond acceptors (Lipinski definition) is 5. The van der Waals surface area contributed by atoms with Gasteiger partial charge in [0.15, 0.2) is 6.61 Å². The summed E-state index contributed by atoms with van der Waals surface area (Å²) in [6.45, 7) is 2.03. The van der Waals surface area contributed by atoms with Crippen LogP contribution < -0.4 is 0 Å². The molecule has 1 aliphatic rings. The fourth-order valence-electron chi connectivity index (χ4n) is 2.54. The zero-order valence-corrected chi connectivity index (χ0v) is 15.3. The molecule has 116 valence electrons. The summed E-state index contributed by atoms with van der Waals surface area (Å²) in [4.78, 5) is 26.6. The van der Waals surface area contributed by atoms with E-state index in [0.29, 0.717) is 15.7 Å². The highest BCUT2D eigenvalue weighted by atomic mass is 79.9. The molecule has 2 aromatic heterocycles. The van der Waals surface area contributed by atoms with E-state index < -0.39 is 5.97 Å². The Morgan fingerprint density at radius 2 is 2.14 bits per heavy atom. The average Bonchev–Trinajstić information content (AvgIpc) is 3.10. The second-order valence-corrected chi connectivity index (χ2v) is 9.11. The first-order chi connectivity index (χ1) is 10.5. The molecular formula is C16H15BrO3S2. The van der Waals surface area contributed by atoms with Crippen LogP contribution >= 0.6 is 38.6 Å². The van der Waals surface area contributed by atoms with E-state index in [0.717, 1.165) is 16.6 Å². The Balaban J connectivity index is 1.62. The summed E-state index contributed by atoms with van der Waals surface area (Å²) in [5.74, 6) is 0.111. The molecule has 0 aliphatic heterocycles. The minimum Gasteiger partial charge on any atom is -0.453 e. The molecule has 0 N–H and O–H groups in total. The molecular weight excluding hydrogens is 384 g/mol. The molecule has 0 radical (unpaired) electrons. The van der Waals surface area contributed by atoms with Crippen LogP contribution in [0.2, 0.25) is 0 Å². The second kappa shape index (κ2) is 6.64.